The van der Waals surface area contributed by atoms with Crippen molar-refractivity contribution in [3.63, 3.8) is 0 Å². The first-order valence-electron chi connectivity index (χ1n) is 8.63. The average Bonchev–Trinajstić information content (AvgIpc) is 3.46. The smallest absolute Gasteiger partial charge is 0.339 e. The first kappa shape index (κ1) is 17.4. The van der Waals surface area contributed by atoms with E-state index >= 15 is 0 Å². The van der Waals surface area contributed by atoms with Crippen molar-refractivity contribution in [2.45, 2.75) is 49.4 Å². The zero-order valence-electron chi connectivity index (χ0n) is 13.9. The number of ether oxygens (including phenoxy) is 1. The summed E-state index contributed by atoms with van der Waals surface area (Å²) >= 11 is 0. The molecular formula is C18H21NO7. The van der Waals surface area contributed by atoms with Crippen LogP contribution in [0.3, 0.4) is 0 Å². The summed E-state index contributed by atoms with van der Waals surface area (Å²) in [5.74, 6) is 0.291. The van der Waals surface area contributed by atoms with Gasteiger partial charge >= 0.3 is 5.63 Å². The van der Waals surface area contributed by atoms with Crippen molar-refractivity contribution in [1.82, 2.24) is 0 Å². The van der Waals surface area contributed by atoms with Crippen molar-refractivity contribution in [3.05, 3.63) is 40.2 Å². The van der Waals surface area contributed by atoms with Crippen LogP contribution >= 0.6 is 0 Å². The van der Waals surface area contributed by atoms with E-state index in [2.05, 4.69) is 5.32 Å². The van der Waals surface area contributed by atoms with E-state index in [-0.39, 0.29) is 5.63 Å². The van der Waals surface area contributed by atoms with Crippen LogP contribution < -0.4 is 10.9 Å². The Balaban J connectivity index is 1.59. The largest absolute Gasteiger partial charge is 0.422 e. The Morgan fingerprint density at radius 1 is 1.12 bits per heavy atom. The Morgan fingerprint density at radius 2 is 1.88 bits per heavy atom. The second-order valence-corrected chi connectivity index (χ2v) is 6.92. The molecule has 140 valence electrons. The third-order valence-corrected chi connectivity index (χ3v) is 5.01. The van der Waals surface area contributed by atoms with Crippen LogP contribution in [0.4, 0.5) is 5.69 Å². The normalized spacial score (nSPS) is 31.9. The number of rotatable bonds is 4. The van der Waals surface area contributed by atoms with Gasteiger partial charge < -0.3 is 34.9 Å². The van der Waals surface area contributed by atoms with E-state index in [1.54, 1.807) is 18.2 Å². The van der Waals surface area contributed by atoms with Gasteiger partial charge in [-0.05, 0) is 37.0 Å². The van der Waals surface area contributed by atoms with Crippen LogP contribution in [-0.2, 0) is 4.74 Å². The highest BCUT2D eigenvalue weighted by atomic mass is 16.6. The van der Waals surface area contributed by atoms with Crippen LogP contribution in [0, 0.1) is 0 Å². The summed E-state index contributed by atoms with van der Waals surface area (Å²) in [7, 11) is 0. The predicted octanol–water partition coefficient (Wildman–Crippen LogP) is -0.118. The molecule has 8 nitrogen and oxygen atoms in total. The first-order valence-corrected chi connectivity index (χ1v) is 8.63. The van der Waals surface area contributed by atoms with Gasteiger partial charge in [-0.1, -0.05) is 0 Å². The molecule has 2 aromatic rings. The molecule has 1 aliphatic heterocycles. The zero-order chi connectivity index (χ0) is 18.4. The van der Waals surface area contributed by atoms with Crippen LogP contribution in [0.5, 0.6) is 0 Å². The van der Waals surface area contributed by atoms with Gasteiger partial charge in [0, 0.05) is 22.7 Å². The third-order valence-electron chi connectivity index (χ3n) is 5.01. The van der Waals surface area contributed by atoms with E-state index in [1.807, 2.05) is 6.07 Å². The van der Waals surface area contributed by atoms with Gasteiger partial charge in [0.05, 0.1) is 6.61 Å². The number of anilines is 1. The molecule has 0 bridgehead atoms. The van der Waals surface area contributed by atoms with E-state index in [1.165, 1.54) is 0 Å². The number of hydrogen-bond acceptors (Lipinski definition) is 8. The number of hydrogen-bond donors (Lipinski definition) is 5. The van der Waals surface area contributed by atoms with Gasteiger partial charge in [-0.2, -0.15) is 0 Å². The molecule has 5 N–H and O–H groups in total. The molecule has 1 saturated heterocycles. The minimum Gasteiger partial charge on any atom is -0.422 e. The summed E-state index contributed by atoms with van der Waals surface area (Å²) in [4.78, 5) is 12.1. The lowest BCUT2D eigenvalue weighted by molar-refractivity contribution is -0.245. The minimum atomic E-state index is -1.43. The van der Waals surface area contributed by atoms with Crippen molar-refractivity contribution in [3.8, 4) is 0 Å². The third kappa shape index (κ3) is 3.10. The van der Waals surface area contributed by atoms with Gasteiger partial charge in [0.15, 0.2) is 6.29 Å². The lowest BCUT2D eigenvalue weighted by atomic mass is 9.97. The van der Waals surface area contributed by atoms with Gasteiger partial charge in [-0.15, -0.1) is 0 Å². The molecule has 1 saturated carbocycles. The number of aliphatic hydroxyl groups is 4. The molecule has 1 aromatic carbocycles. The molecule has 1 aliphatic carbocycles. The second kappa shape index (κ2) is 6.64. The molecule has 1 aromatic heterocycles. The maximum Gasteiger partial charge on any atom is 0.339 e. The Kier molecular flexibility index (Phi) is 4.45. The number of benzene rings is 1. The quantitative estimate of drug-likeness (QED) is 0.475. The molecule has 26 heavy (non-hydrogen) atoms. The van der Waals surface area contributed by atoms with E-state index in [0.717, 1.165) is 18.2 Å². The van der Waals surface area contributed by atoms with Crippen LogP contribution in [0.2, 0.25) is 0 Å². The van der Waals surface area contributed by atoms with Crippen molar-refractivity contribution in [1.29, 1.82) is 0 Å². The molecule has 2 aliphatic rings. The fraction of sp³-hybridized carbons (Fsp3) is 0.500. The summed E-state index contributed by atoms with van der Waals surface area (Å²) in [6, 6.07) is 5.93. The zero-order valence-corrected chi connectivity index (χ0v) is 13.9. The average molecular weight is 363 g/mol. The molecule has 0 spiro atoms. The van der Waals surface area contributed by atoms with Gasteiger partial charge in [-0.25, -0.2) is 4.79 Å². The summed E-state index contributed by atoms with van der Waals surface area (Å²) < 4.78 is 10.5. The lowest BCUT2D eigenvalue weighted by Crippen LogP contribution is -2.61. The molecule has 0 amide bonds. The highest BCUT2D eigenvalue weighted by Gasteiger charge is 2.43. The van der Waals surface area contributed by atoms with Gasteiger partial charge in [-0.3, -0.25) is 0 Å². The molecule has 2 fully saturated rings. The summed E-state index contributed by atoms with van der Waals surface area (Å²) in [6.45, 7) is -0.521. The van der Waals surface area contributed by atoms with Crippen molar-refractivity contribution in [2.75, 3.05) is 11.9 Å². The Bertz CT molecular complexity index is 862. The topological polar surface area (TPSA) is 132 Å². The summed E-state index contributed by atoms with van der Waals surface area (Å²) in [5, 5.41) is 43.0. The Hall–Kier alpha value is -1.97. The summed E-state index contributed by atoms with van der Waals surface area (Å²) in [5.41, 5.74) is 1.22. The minimum absolute atomic E-state index is 0.291. The monoisotopic (exact) mass is 363 g/mol. The van der Waals surface area contributed by atoms with Crippen molar-refractivity contribution in [2.24, 2.45) is 0 Å². The molecule has 5 atom stereocenters. The maximum atomic E-state index is 12.1. The summed E-state index contributed by atoms with van der Waals surface area (Å²) in [6.07, 6.45) is -3.18. The molecule has 3 unspecified atom stereocenters. The molecule has 4 rings (SSSR count). The predicted molar refractivity (Wildman–Crippen MR) is 91.8 cm³/mol. The first-order chi connectivity index (χ1) is 12.5. The molecule has 0 radical (unpaired) electrons. The fourth-order valence-corrected chi connectivity index (χ4v) is 3.34. The van der Waals surface area contributed by atoms with Gasteiger partial charge in [0.2, 0.25) is 0 Å². The number of aliphatic hydroxyl groups excluding tert-OH is 4. The van der Waals surface area contributed by atoms with Crippen LogP contribution in [0.1, 0.15) is 24.3 Å². The Labute approximate surface area is 148 Å². The fourth-order valence-electron chi connectivity index (χ4n) is 3.34. The molecule has 8 heteroatoms. The van der Waals surface area contributed by atoms with Gasteiger partial charge in [0.25, 0.3) is 0 Å². The second-order valence-electron chi connectivity index (χ2n) is 6.92. The molecular weight excluding hydrogens is 342 g/mol. The van der Waals surface area contributed by atoms with E-state index < -0.39 is 37.3 Å². The van der Waals surface area contributed by atoms with Crippen LogP contribution in [0.25, 0.3) is 11.0 Å². The van der Waals surface area contributed by atoms with E-state index in [0.29, 0.717) is 22.8 Å². The van der Waals surface area contributed by atoms with Crippen LogP contribution in [0.15, 0.2) is 33.5 Å². The lowest BCUT2D eigenvalue weighted by Gasteiger charge is -2.40. The van der Waals surface area contributed by atoms with Crippen molar-refractivity contribution < 1.29 is 29.6 Å². The molecule has 2 heterocycles. The van der Waals surface area contributed by atoms with Crippen LogP contribution in [-0.4, -0.2) is 57.7 Å². The SMILES string of the molecule is O=c1oc2cc(NC3C(O)OC(CO)[C@@H](O)[C@@H]3O)ccc2cc1C1CC1. The standard InChI is InChI=1S/C18H21NO7/c20-7-13-15(21)16(22)14(18(24)26-13)19-10-4-3-9-5-11(8-1-2-8)17(23)25-12(9)6-10/h3-6,8,13-16,18-22,24H,1-2,7H2/t13?,14?,15-,16-,18?/m1/s1. The van der Waals surface area contributed by atoms with Crippen molar-refractivity contribution >= 4 is 16.7 Å². The number of fused-ring (bicyclic) bond motifs is 1. The van der Waals surface area contributed by atoms with Gasteiger partial charge in [0.1, 0.15) is 29.9 Å². The van der Waals surface area contributed by atoms with E-state index in [9.17, 15) is 20.1 Å². The van der Waals surface area contributed by atoms with E-state index in [4.69, 9.17) is 14.3 Å². The highest BCUT2D eigenvalue weighted by molar-refractivity contribution is 5.81. The highest BCUT2D eigenvalue weighted by Crippen LogP contribution is 2.39. The maximum absolute atomic E-state index is 12.1. The Morgan fingerprint density at radius 3 is 2.58 bits per heavy atom. The number of nitrogens with one attached hydrogen (secondary N) is 1.